The van der Waals surface area contributed by atoms with E-state index in [-0.39, 0.29) is 5.41 Å². The van der Waals surface area contributed by atoms with Gasteiger partial charge in [-0.1, -0.05) is 20.8 Å². The maximum Gasteiger partial charge on any atom is 0.0851 e. The van der Waals surface area contributed by atoms with E-state index in [9.17, 15) is 0 Å². The summed E-state index contributed by atoms with van der Waals surface area (Å²) in [5, 5.41) is 6.47. The van der Waals surface area contributed by atoms with Gasteiger partial charge in [-0.15, -0.1) is 0 Å². The Morgan fingerprint density at radius 1 is 1.23 bits per heavy atom. The van der Waals surface area contributed by atoms with Gasteiger partial charge in [0.1, 0.15) is 0 Å². The van der Waals surface area contributed by atoms with Crippen LogP contribution in [0.4, 0.5) is 11.4 Å². The van der Waals surface area contributed by atoms with Gasteiger partial charge in [0.2, 0.25) is 0 Å². The van der Waals surface area contributed by atoms with Crippen LogP contribution in [-0.2, 0) is 5.41 Å². The van der Waals surface area contributed by atoms with E-state index >= 15 is 0 Å². The zero-order chi connectivity index (χ0) is 9.47. The van der Waals surface area contributed by atoms with Crippen LogP contribution < -0.4 is 10.6 Å². The van der Waals surface area contributed by atoms with Crippen LogP contribution in [0.3, 0.4) is 0 Å². The average molecular weight is 177 g/mol. The SMILES string of the molecule is CC(C)(C)c1cc2c(cn1)NCN2. The van der Waals surface area contributed by atoms with Crippen LogP contribution in [0, 0.1) is 0 Å². The van der Waals surface area contributed by atoms with Gasteiger partial charge >= 0.3 is 0 Å². The zero-order valence-electron chi connectivity index (χ0n) is 8.31. The molecule has 0 atom stereocenters. The minimum atomic E-state index is 0.124. The number of aromatic nitrogens is 1. The highest BCUT2D eigenvalue weighted by Crippen LogP contribution is 2.29. The van der Waals surface area contributed by atoms with Crippen molar-refractivity contribution in [3.05, 3.63) is 18.0 Å². The summed E-state index contributed by atoms with van der Waals surface area (Å²) in [6.45, 7) is 7.32. The third-order valence-electron chi connectivity index (χ3n) is 2.23. The molecule has 0 aliphatic carbocycles. The van der Waals surface area contributed by atoms with Gasteiger partial charge in [-0.25, -0.2) is 0 Å². The smallest absolute Gasteiger partial charge is 0.0851 e. The third-order valence-corrected chi connectivity index (χ3v) is 2.23. The fourth-order valence-electron chi connectivity index (χ4n) is 1.39. The Morgan fingerprint density at radius 3 is 2.62 bits per heavy atom. The molecule has 2 N–H and O–H groups in total. The lowest BCUT2D eigenvalue weighted by Gasteiger charge is -2.17. The normalized spacial score (nSPS) is 14.7. The molecule has 0 amide bonds. The van der Waals surface area contributed by atoms with E-state index in [2.05, 4.69) is 42.5 Å². The lowest BCUT2D eigenvalue weighted by Crippen LogP contribution is -2.13. The third kappa shape index (κ3) is 1.46. The van der Waals surface area contributed by atoms with E-state index in [0.29, 0.717) is 0 Å². The fourth-order valence-corrected chi connectivity index (χ4v) is 1.39. The molecule has 0 aromatic carbocycles. The molecule has 0 unspecified atom stereocenters. The van der Waals surface area contributed by atoms with E-state index in [1.165, 1.54) is 5.69 Å². The molecule has 70 valence electrons. The summed E-state index contributed by atoms with van der Waals surface area (Å²) in [6, 6.07) is 2.12. The summed E-state index contributed by atoms with van der Waals surface area (Å²) in [7, 11) is 0. The highest BCUT2D eigenvalue weighted by molar-refractivity contribution is 5.72. The van der Waals surface area contributed by atoms with Crippen LogP contribution in [0.1, 0.15) is 26.5 Å². The summed E-state index contributed by atoms with van der Waals surface area (Å²) >= 11 is 0. The highest BCUT2D eigenvalue weighted by Gasteiger charge is 2.18. The quantitative estimate of drug-likeness (QED) is 0.637. The summed E-state index contributed by atoms with van der Waals surface area (Å²) in [5.41, 5.74) is 3.52. The van der Waals surface area contributed by atoms with E-state index in [1.54, 1.807) is 0 Å². The predicted molar refractivity (Wildman–Crippen MR) is 55.0 cm³/mol. The first kappa shape index (κ1) is 8.35. The maximum absolute atomic E-state index is 4.42. The van der Waals surface area contributed by atoms with Crippen LogP contribution in [0.25, 0.3) is 0 Å². The van der Waals surface area contributed by atoms with E-state index in [1.807, 2.05) is 6.20 Å². The summed E-state index contributed by atoms with van der Waals surface area (Å²) in [5.74, 6) is 0. The lowest BCUT2D eigenvalue weighted by molar-refractivity contribution is 0.569. The van der Waals surface area contributed by atoms with Crippen molar-refractivity contribution in [1.29, 1.82) is 0 Å². The molecule has 0 spiro atoms. The first-order valence-corrected chi connectivity index (χ1v) is 4.55. The summed E-state index contributed by atoms with van der Waals surface area (Å²) < 4.78 is 0. The van der Waals surface area contributed by atoms with Gasteiger partial charge in [-0.3, -0.25) is 4.98 Å². The van der Waals surface area contributed by atoms with E-state index < -0.39 is 0 Å². The number of hydrogen-bond donors (Lipinski definition) is 2. The molecular formula is C10H15N3. The van der Waals surface area contributed by atoms with Gasteiger partial charge in [-0.05, 0) is 6.07 Å². The van der Waals surface area contributed by atoms with Crippen molar-refractivity contribution in [3.8, 4) is 0 Å². The van der Waals surface area contributed by atoms with Crippen molar-refractivity contribution in [3.63, 3.8) is 0 Å². The molecular weight excluding hydrogens is 162 g/mol. The second-order valence-corrected chi connectivity index (χ2v) is 4.40. The Hall–Kier alpha value is -1.25. The molecule has 2 rings (SSSR count). The Morgan fingerprint density at radius 2 is 1.92 bits per heavy atom. The van der Waals surface area contributed by atoms with Crippen molar-refractivity contribution >= 4 is 11.4 Å². The second-order valence-electron chi connectivity index (χ2n) is 4.40. The molecule has 13 heavy (non-hydrogen) atoms. The van der Waals surface area contributed by atoms with Gasteiger partial charge in [0.25, 0.3) is 0 Å². The van der Waals surface area contributed by atoms with Gasteiger partial charge < -0.3 is 10.6 Å². The molecule has 0 radical (unpaired) electrons. The van der Waals surface area contributed by atoms with Crippen molar-refractivity contribution < 1.29 is 0 Å². The Labute approximate surface area is 78.6 Å². The summed E-state index contributed by atoms with van der Waals surface area (Å²) in [6.07, 6.45) is 1.90. The number of pyridine rings is 1. The van der Waals surface area contributed by atoms with Crippen LogP contribution in [-0.4, -0.2) is 11.7 Å². The number of nitrogens with one attached hydrogen (secondary N) is 2. The van der Waals surface area contributed by atoms with Crippen LogP contribution in [0.15, 0.2) is 12.3 Å². The number of anilines is 2. The molecule has 1 aromatic rings. The fraction of sp³-hybridized carbons (Fsp3) is 0.500. The van der Waals surface area contributed by atoms with Gasteiger partial charge in [0.15, 0.2) is 0 Å². The number of hydrogen-bond acceptors (Lipinski definition) is 3. The van der Waals surface area contributed by atoms with Crippen LogP contribution >= 0.6 is 0 Å². The first-order valence-electron chi connectivity index (χ1n) is 4.55. The zero-order valence-corrected chi connectivity index (χ0v) is 8.31. The molecule has 1 aliphatic heterocycles. The standard InChI is InChI=1S/C10H15N3/c1-10(2,3)9-4-7-8(5-11-9)13-6-12-7/h4-5,12-13H,6H2,1-3H3. The van der Waals surface area contributed by atoms with Gasteiger partial charge in [0, 0.05) is 11.1 Å². The number of rotatable bonds is 0. The maximum atomic E-state index is 4.42. The van der Waals surface area contributed by atoms with Crippen molar-refractivity contribution in [1.82, 2.24) is 4.98 Å². The predicted octanol–water partition coefficient (Wildman–Crippen LogP) is 2.17. The monoisotopic (exact) mass is 177 g/mol. The molecule has 3 heteroatoms. The molecule has 0 bridgehead atoms. The van der Waals surface area contributed by atoms with Gasteiger partial charge in [0.05, 0.1) is 24.2 Å². The lowest BCUT2D eigenvalue weighted by atomic mass is 9.91. The van der Waals surface area contributed by atoms with Crippen molar-refractivity contribution in [2.75, 3.05) is 17.3 Å². The van der Waals surface area contributed by atoms with Gasteiger partial charge in [-0.2, -0.15) is 0 Å². The number of nitrogens with zero attached hydrogens (tertiary/aromatic N) is 1. The van der Waals surface area contributed by atoms with Crippen LogP contribution in [0.5, 0.6) is 0 Å². The van der Waals surface area contributed by atoms with Crippen molar-refractivity contribution in [2.24, 2.45) is 0 Å². The molecule has 0 fully saturated rings. The van der Waals surface area contributed by atoms with Crippen molar-refractivity contribution in [2.45, 2.75) is 26.2 Å². The van der Waals surface area contributed by atoms with Crippen LogP contribution in [0.2, 0.25) is 0 Å². The molecule has 3 nitrogen and oxygen atoms in total. The molecule has 0 saturated heterocycles. The topological polar surface area (TPSA) is 37.0 Å². The largest absolute Gasteiger partial charge is 0.366 e. The van der Waals surface area contributed by atoms with E-state index in [4.69, 9.17) is 0 Å². The molecule has 2 heterocycles. The first-order chi connectivity index (χ1) is 6.07. The Bertz CT molecular complexity index is 325. The Balaban J connectivity index is 2.42. The molecule has 1 aromatic heterocycles. The van der Waals surface area contributed by atoms with E-state index in [0.717, 1.165) is 18.1 Å². The molecule has 0 saturated carbocycles. The molecule has 1 aliphatic rings. The average Bonchev–Trinajstić information content (AvgIpc) is 2.47. The minimum absolute atomic E-state index is 0.124. The minimum Gasteiger partial charge on any atom is -0.366 e. The number of fused-ring (bicyclic) bond motifs is 1. The Kier molecular flexibility index (Phi) is 1.68. The highest BCUT2D eigenvalue weighted by atomic mass is 15.1. The second kappa shape index (κ2) is 2.62. The summed E-state index contributed by atoms with van der Waals surface area (Å²) in [4.78, 5) is 4.42.